The maximum Gasteiger partial charge on any atom is 0.246 e. The monoisotopic (exact) mass is 373 g/mol. The van der Waals surface area contributed by atoms with E-state index in [1.54, 1.807) is 12.1 Å². The Morgan fingerprint density at radius 1 is 1.33 bits per heavy atom. The van der Waals surface area contributed by atoms with E-state index < -0.39 is 15.8 Å². The number of hydrogen-bond acceptors (Lipinski definition) is 3. The second-order valence-corrected chi connectivity index (χ2v) is 7.71. The SMILES string of the molecule is O=S(=O)(c1ccc(Br)cc1F)N(Cc1ccco1)C1CC1. The second kappa shape index (κ2) is 5.55. The van der Waals surface area contributed by atoms with Gasteiger partial charge in [-0.15, -0.1) is 0 Å². The lowest BCUT2D eigenvalue weighted by Gasteiger charge is -2.21. The molecular formula is C14H13BrFNO3S. The van der Waals surface area contributed by atoms with Gasteiger partial charge in [0.1, 0.15) is 16.5 Å². The van der Waals surface area contributed by atoms with Gasteiger partial charge in [0.25, 0.3) is 0 Å². The quantitative estimate of drug-likeness (QED) is 0.805. The Labute approximate surface area is 130 Å². The predicted octanol–water partition coefficient (Wildman–Crippen LogP) is 3.53. The number of rotatable bonds is 5. The molecular weight excluding hydrogens is 361 g/mol. The summed E-state index contributed by atoms with van der Waals surface area (Å²) in [7, 11) is -3.88. The lowest BCUT2D eigenvalue weighted by Crippen LogP contribution is -2.33. The molecule has 1 heterocycles. The van der Waals surface area contributed by atoms with E-state index in [-0.39, 0.29) is 17.5 Å². The molecule has 0 spiro atoms. The van der Waals surface area contributed by atoms with Crippen molar-refractivity contribution in [1.29, 1.82) is 0 Å². The van der Waals surface area contributed by atoms with E-state index in [1.165, 1.54) is 22.7 Å². The minimum Gasteiger partial charge on any atom is -0.468 e. The molecule has 1 aliphatic rings. The van der Waals surface area contributed by atoms with E-state index >= 15 is 0 Å². The molecule has 0 aliphatic heterocycles. The van der Waals surface area contributed by atoms with Crippen LogP contribution < -0.4 is 0 Å². The Morgan fingerprint density at radius 2 is 2.10 bits per heavy atom. The van der Waals surface area contributed by atoms with Crippen molar-refractivity contribution in [2.24, 2.45) is 0 Å². The number of benzene rings is 1. The highest BCUT2D eigenvalue weighted by Gasteiger charge is 2.39. The van der Waals surface area contributed by atoms with Gasteiger partial charge in [-0.2, -0.15) is 4.31 Å². The van der Waals surface area contributed by atoms with Crippen molar-refractivity contribution in [3.8, 4) is 0 Å². The molecule has 1 aromatic heterocycles. The molecule has 0 amide bonds. The minimum absolute atomic E-state index is 0.0804. The van der Waals surface area contributed by atoms with Gasteiger partial charge in [-0.25, -0.2) is 12.8 Å². The molecule has 0 saturated heterocycles. The maximum atomic E-state index is 14.0. The molecule has 1 saturated carbocycles. The van der Waals surface area contributed by atoms with E-state index in [1.807, 2.05) is 0 Å². The molecule has 1 aliphatic carbocycles. The summed E-state index contributed by atoms with van der Waals surface area (Å²) in [6.07, 6.45) is 3.07. The van der Waals surface area contributed by atoms with E-state index in [9.17, 15) is 12.8 Å². The van der Waals surface area contributed by atoms with Crippen LogP contribution in [0.2, 0.25) is 0 Å². The van der Waals surface area contributed by atoms with E-state index in [0.717, 1.165) is 18.9 Å². The standard InChI is InChI=1S/C14H13BrFNO3S/c15-10-3-6-14(13(16)8-10)21(18,19)17(11-4-5-11)9-12-2-1-7-20-12/h1-3,6-8,11H,4-5,9H2. The largest absolute Gasteiger partial charge is 0.468 e. The molecule has 2 aromatic rings. The first-order valence-corrected chi connectivity index (χ1v) is 8.71. The molecule has 112 valence electrons. The van der Waals surface area contributed by atoms with Crippen molar-refractivity contribution >= 4 is 26.0 Å². The second-order valence-electron chi connectivity index (χ2n) is 4.94. The first kappa shape index (κ1) is 14.7. The summed E-state index contributed by atoms with van der Waals surface area (Å²) in [5.41, 5.74) is 0. The summed E-state index contributed by atoms with van der Waals surface area (Å²) in [6, 6.07) is 7.30. The third-order valence-corrected chi connectivity index (χ3v) is 5.75. The van der Waals surface area contributed by atoms with Gasteiger partial charge in [0.05, 0.1) is 12.8 Å². The average Bonchev–Trinajstić information content (AvgIpc) is 3.11. The fourth-order valence-electron chi connectivity index (χ4n) is 2.14. The molecule has 0 unspecified atom stereocenters. The topological polar surface area (TPSA) is 50.5 Å². The Balaban J connectivity index is 1.97. The first-order chi connectivity index (χ1) is 9.98. The lowest BCUT2D eigenvalue weighted by molar-refractivity contribution is 0.355. The van der Waals surface area contributed by atoms with E-state index in [2.05, 4.69) is 15.9 Å². The van der Waals surface area contributed by atoms with Crippen molar-refractivity contribution in [1.82, 2.24) is 4.31 Å². The molecule has 21 heavy (non-hydrogen) atoms. The van der Waals surface area contributed by atoms with Crippen molar-refractivity contribution in [2.75, 3.05) is 0 Å². The van der Waals surface area contributed by atoms with Crippen LogP contribution in [0.1, 0.15) is 18.6 Å². The molecule has 0 atom stereocenters. The summed E-state index contributed by atoms with van der Waals surface area (Å²) >= 11 is 3.13. The predicted molar refractivity (Wildman–Crippen MR) is 78.6 cm³/mol. The lowest BCUT2D eigenvalue weighted by atomic mass is 10.3. The molecule has 0 radical (unpaired) electrons. The third kappa shape index (κ3) is 3.04. The summed E-state index contributed by atoms with van der Waals surface area (Å²) in [5.74, 6) is -0.211. The van der Waals surface area contributed by atoms with Gasteiger partial charge in [-0.3, -0.25) is 0 Å². The summed E-state index contributed by atoms with van der Waals surface area (Å²) in [4.78, 5) is -0.302. The average molecular weight is 374 g/mol. The zero-order chi connectivity index (χ0) is 15.0. The molecule has 0 N–H and O–H groups in total. The molecule has 1 aromatic carbocycles. The Hall–Kier alpha value is -1.18. The molecule has 3 rings (SSSR count). The van der Waals surface area contributed by atoms with Gasteiger partial charge in [0.15, 0.2) is 0 Å². The smallest absolute Gasteiger partial charge is 0.246 e. The highest BCUT2D eigenvalue weighted by molar-refractivity contribution is 9.10. The van der Waals surface area contributed by atoms with Crippen molar-refractivity contribution in [3.05, 3.63) is 52.6 Å². The number of halogens is 2. The van der Waals surface area contributed by atoms with Gasteiger partial charge in [-0.1, -0.05) is 15.9 Å². The maximum absolute atomic E-state index is 14.0. The molecule has 4 nitrogen and oxygen atoms in total. The molecule has 0 bridgehead atoms. The zero-order valence-corrected chi connectivity index (χ0v) is 13.4. The van der Waals surface area contributed by atoms with Crippen LogP contribution in [0.4, 0.5) is 4.39 Å². The zero-order valence-electron chi connectivity index (χ0n) is 11.0. The third-order valence-electron chi connectivity index (χ3n) is 3.33. The summed E-state index contributed by atoms with van der Waals surface area (Å²) < 4.78 is 46.4. The van der Waals surface area contributed by atoms with E-state index in [4.69, 9.17) is 4.42 Å². The molecule has 7 heteroatoms. The Bertz CT molecular complexity index is 742. The summed E-state index contributed by atoms with van der Waals surface area (Å²) in [6.45, 7) is 0.121. The fraction of sp³-hybridized carbons (Fsp3) is 0.286. The first-order valence-electron chi connectivity index (χ1n) is 6.48. The van der Waals surface area contributed by atoms with E-state index in [0.29, 0.717) is 10.2 Å². The number of hydrogen-bond donors (Lipinski definition) is 0. The Kier molecular flexibility index (Phi) is 3.90. The molecule has 1 fully saturated rings. The van der Waals surface area contributed by atoms with Crippen LogP contribution >= 0.6 is 15.9 Å². The fourth-order valence-corrected chi connectivity index (χ4v) is 4.17. The normalized spacial score (nSPS) is 15.6. The number of furan rings is 1. The van der Waals surface area contributed by atoms with Crippen LogP contribution in [-0.2, 0) is 16.6 Å². The van der Waals surface area contributed by atoms with Crippen molar-refractivity contribution in [2.45, 2.75) is 30.3 Å². The van der Waals surface area contributed by atoms with Crippen LogP contribution in [0.3, 0.4) is 0 Å². The highest BCUT2D eigenvalue weighted by atomic mass is 79.9. The number of sulfonamides is 1. The van der Waals surface area contributed by atoms with Crippen LogP contribution in [0.25, 0.3) is 0 Å². The van der Waals surface area contributed by atoms with Gasteiger partial charge in [0, 0.05) is 10.5 Å². The van der Waals surface area contributed by atoms with Crippen LogP contribution in [-0.4, -0.2) is 18.8 Å². The van der Waals surface area contributed by atoms with Gasteiger partial charge >= 0.3 is 0 Å². The van der Waals surface area contributed by atoms with Crippen LogP contribution in [0, 0.1) is 5.82 Å². The van der Waals surface area contributed by atoms with Crippen molar-refractivity contribution in [3.63, 3.8) is 0 Å². The van der Waals surface area contributed by atoms with Crippen LogP contribution in [0.5, 0.6) is 0 Å². The Morgan fingerprint density at radius 3 is 2.67 bits per heavy atom. The minimum atomic E-state index is -3.88. The summed E-state index contributed by atoms with van der Waals surface area (Å²) in [5, 5.41) is 0. The van der Waals surface area contributed by atoms with Gasteiger partial charge < -0.3 is 4.42 Å². The highest BCUT2D eigenvalue weighted by Crippen LogP contribution is 2.34. The van der Waals surface area contributed by atoms with Crippen LogP contribution in [0.15, 0.2) is 50.4 Å². The number of nitrogens with zero attached hydrogens (tertiary/aromatic N) is 1. The van der Waals surface area contributed by atoms with Crippen molar-refractivity contribution < 1.29 is 17.2 Å². The van der Waals surface area contributed by atoms with Gasteiger partial charge in [0.2, 0.25) is 10.0 Å². The van der Waals surface area contributed by atoms with Gasteiger partial charge in [-0.05, 0) is 43.2 Å².